The van der Waals surface area contributed by atoms with Gasteiger partial charge in [0.1, 0.15) is 5.82 Å². The van der Waals surface area contributed by atoms with Gasteiger partial charge in [0.05, 0.1) is 31.2 Å². The highest BCUT2D eigenvalue weighted by Gasteiger charge is 2.71. The van der Waals surface area contributed by atoms with E-state index in [2.05, 4.69) is 15.3 Å². The normalized spacial score (nSPS) is 23.0. The molecule has 9 heteroatoms. The second-order valence-electron chi connectivity index (χ2n) is 6.73. The van der Waals surface area contributed by atoms with Gasteiger partial charge in [0.15, 0.2) is 5.69 Å². The first kappa shape index (κ1) is 16.9. The van der Waals surface area contributed by atoms with Crippen LogP contribution in [0.1, 0.15) is 28.7 Å². The Labute approximate surface area is 149 Å². The Balaban J connectivity index is 1.43. The number of esters is 1. The number of alkyl halides is 2. The summed E-state index contributed by atoms with van der Waals surface area (Å²) in [6, 6.07) is 3.75. The van der Waals surface area contributed by atoms with Crippen LogP contribution in [-0.4, -0.2) is 51.6 Å². The first-order chi connectivity index (χ1) is 12.4. The van der Waals surface area contributed by atoms with E-state index in [4.69, 9.17) is 4.74 Å². The monoisotopic (exact) mass is 363 g/mol. The van der Waals surface area contributed by atoms with Crippen molar-refractivity contribution >= 4 is 11.8 Å². The largest absolute Gasteiger partial charge is 0.461 e. The van der Waals surface area contributed by atoms with Crippen LogP contribution in [0.25, 0.3) is 0 Å². The Morgan fingerprint density at radius 1 is 1.35 bits per heavy atom. The van der Waals surface area contributed by atoms with Crippen LogP contribution in [0.5, 0.6) is 0 Å². The summed E-state index contributed by atoms with van der Waals surface area (Å²) in [6.45, 7) is 5.00. The van der Waals surface area contributed by atoms with Crippen molar-refractivity contribution < 1.29 is 18.3 Å². The predicted molar refractivity (Wildman–Crippen MR) is 88.2 cm³/mol. The number of carbonyl (C=O) groups is 1. The predicted octanol–water partition coefficient (Wildman–Crippen LogP) is 1.91. The number of fused-ring (bicyclic) bond motifs is 1. The SMILES string of the molecule is CCOC(=O)c1cn(Cc2ccc(N3CC4C(C3)C4(F)F)nc2C)nn1. The van der Waals surface area contributed by atoms with E-state index < -0.39 is 23.7 Å². The third-order valence-corrected chi connectivity index (χ3v) is 5.06. The van der Waals surface area contributed by atoms with E-state index in [1.807, 2.05) is 24.0 Å². The molecule has 2 fully saturated rings. The fraction of sp³-hybridized carbons (Fsp3) is 0.529. The molecule has 1 saturated heterocycles. The summed E-state index contributed by atoms with van der Waals surface area (Å²) in [5.41, 5.74) is 1.87. The minimum absolute atomic E-state index is 0.159. The number of halogens is 2. The van der Waals surface area contributed by atoms with Gasteiger partial charge in [-0.25, -0.2) is 23.2 Å². The fourth-order valence-electron chi connectivity index (χ4n) is 3.46. The Bertz CT molecular complexity index is 839. The summed E-state index contributed by atoms with van der Waals surface area (Å²) < 4.78 is 33.1. The number of aryl methyl sites for hydroxylation is 1. The van der Waals surface area contributed by atoms with Crippen molar-refractivity contribution in [3.8, 4) is 0 Å². The topological polar surface area (TPSA) is 73.1 Å². The summed E-state index contributed by atoms with van der Waals surface area (Å²) in [5.74, 6) is -3.33. The van der Waals surface area contributed by atoms with Crippen LogP contribution >= 0.6 is 0 Å². The molecule has 4 rings (SSSR count). The van der Waals surface area contributed by atoms with Gasteiger partial charge >= 0.3 is 5.97 Å². The van der Waals surface area contributed by atoms with E-state index >= 15 is 0 Å². The summed E-state index contributed by atoms with van der Waals surface area (Å²) in [7, 11) is 0. The number of nitrogens with zero attached hydrogens (tertiary/aromatic N) is 5. The quantitative estimate of drug-likeness (QED) is 0.756. The number of aromatic nitrogens is 4. The van der Waals surface area contributed by atoms with Gasteiger partial charge in [-0.15, -0.1) is 5.10 Å². The molecular formula is C17H19F2N5O2. The van der Waals surface area contributed by atoms with Crippen LogP contribution in [0.2, 0.25) is 0 Å². The molecule has 26 heavy (non-hydrogen) atoms. The van der Waals surface area contributed by atoms with Crippen molar-refractivity contribution in [3.05, 3.63) is 35.3 Å². The number of anilines is 1. The number of ether oxygens (including phenoxy) is 1. The van der Waals surface area contributed by atoms with Gasteiger partial charge in [0.25, 0.3) is 5.92 Å². The van der Waals surface area contributed by atoms with Crippen molar-refractivity contribution in [3.63, 3.8) is 0 Å². The lowest BCUT2D eigenvalue weighted by Gasteiger charge is -2.21. The van der Waals surface area contributed by atoms with E-state index in [-0.39, 0.29) is 12.3 Å². The van der Waals surface area contributed by atoms with Crippen molar-refractivity contribution in [2.24, 2.45) is 11.8 Å². The Morgan fingerprint density at radius 3 is 2.73 bits per heavy atom. The molecule has 2 unspecified atom stereocenters. The number of rotatable bonds is 5. The Morgan fingerprint density at radius 2 is 2.08 bits per heavy atom. The van der Waals surface area contributed by atoms with Crippen LogP contribution in [-0.2, 0) is 11.3 Å². The molecular weight excluding hydrogens is 344 g/mol. The third kappa shape index (κ3) is 2.81. The Kier molecular flexibility index (Phi) is 3.89. The standard InChI is InChI=1S/C17H19F2N5O2/c1-3-26-16(25)14-9-24(22-21-14)6-11-4-5-15(20-10(11)2)23-7-12-13(8-23)17(12,18)19/h4-5,9,12-13H,3,6-8H2,1-2H3. The van der Waals surface area contributed by atoms with Gasteiger partial charge in [-0.3, -0.25) is 0 Å². The molecule has 2 aliphatic rings. The van der Waals surface area contributed by atoms with Crippen LogP contribution in [0.3, 0.4) is 0 Å². The van der Waals surface area contributed by atoms with Gasteiger partial charge in [-0.2, -0.15) is 0 Å². The zero-order valence-electron chi connectivity index (χ0n) is 14.5. The van der Waals surface area contributed by atoms with Crippen LogP contribution < -0.4 is 4.90 Å². The maximum Gasteiger partial charge on any atom is 0.360 e. The molecule has 2 aromatic rings. The fourth-order valence-corrected chi connectivity index (χ4v) is 3.46. The minimum atomic E-state index is -2.49. The van der Waals surface area contributed by atoms with E-state index in [1.54, 1.807) is 11.6 Å². The number of piperidine rings is 1. The average molecular weight is 363 g/mol. The van der Waals surface area contributed by atoms with Crippen LogP contribution in [0.4, 0.5) is 14.6 Å². The van der Waals surface area contributed by atoms with Gasteiger partial charge < -0.3 is 9.64 Å². The molecule has 0 radical (unpaired) electrons. The van der Waals surface area contributed by atoms with E-state index in [0.717, 1.165) is 17.1 Å². The molecule has 0 amide bonds. The summed E-state index contributed by atoms with van der Waals surface area (Å²) >= 11 is 0. The smallest absolute Gasteiger partial charge is 0.360 e. The first-order valence-electron chi connectivity index (χ1n) is 8.56. The average Bonchev–Trinajstić information content (AvgIpc) is 3.05. The van der Waals surface area contributed by atoms with Crippen LogP contribution in [0.15, 0.2) is 18.3 Å². The van der Waals surface area contributed by atoms with E-state index in [9.17, 15) is 13.6 Å². The molecule has 2 atom stereocenters. The van der Waals surface area contributed by atoms with Gasteiger partial charge in [-0.1, -0.05) is 11.3 Å². The lowest BCUT2D eigenvalue weighted by atomic mass is 10.2. The lowest BCUT2D eigenvalue weighted by Crippen LogP contribution is -2.28. The molecule has 0 spiro atoms. The molecule has 3 heterocycles. The maximum atomic E-state index is 13.3. The number of pyridine rings is 1. The summed E-state index contributed by atoms with van der Waals surface area (Å²) in [6.07, 6.45) is 1.53. The summed E-state index contributed by atoms with van der Waals surface area (Å²) in [5, 5.41) is 7.74. The molecule has 1 aliphatic carbocycles. The molecule has 1 saturated carbocycles. The van der Waals surface area contributed by atoms with E-state index in [0.29, 0.717) is 19.6 Å². The first-order valence-corrected chi connectivity index (χ1v) is 8.56. The molecule has 2 aromatic heterocycles. The molecule has 0 N–H and O–H groups in total. The van der Waals surface area contributed by atoms with Gasteiger partial charge in [0, 0.05) is 18.8 Å². The van der Waals surface area contributed by atoms with Crippen molar-refractivity contribution in [2.45, 2.75) is 26.3 Å². The van der Waals surface area contributed by atoms with Crippen molar-refractivity contribution in [2.75, 3.05) is 24.6 Å². The van der Waals surface area contributed by atoms with Crippen molar-refractivity contribution in [1.29, 1.82) is 0 Å². The molecule has 138 valence electrons. The second-order valence-corrected chi connectivity index (χ2v) is 6.73. The van der Waals surface area contributed by atoms with Gasteiger partial charge in [-0.05, 0) is 25.5 Å². The van der Waals surface area contributed by atoms with Gasteiger partial charge in [0.2, 0.25) is 0 Å². The number of hydrogen-bond acceptors (Lipinski definition) is 6. The van der Waals surface area contributed by atoms with Crippen LogP contribution in [0, 0.1) is 18.8 Å². The second kappa shape index (κ2) is 6.00. The molecule has 0 bridgehead atoms. The maximum absolute atomic E-state index is 13.3. The molecule has 7 nitrogen and oxygen atoms in total. The molecule has 0 aromatic carbocycles. The molecule has 1 aliphatic heterocycles. The summed E-state index contributed by atoms with van der Waals surface area (Å²) in [4.78, 5) is 18.1. The van der Waals surface area contributed by atoms with Crippen molar-refractivity contribution in [1.82, 2.24) is 20.0 Å². The highest BCUT2D eigenvalue weighted by molar-refractivity contribution is 5.86. The highest BCUT2D eigenvalue weighted by Crippen LogP contribution is 2.59. The number of carbonyl (C=O) groups excluding carboxylic acids is 1. The lowest BCUT2D eigenvalue weighted by molar-refractivity contribution is 0.0519. The van der Waals surface area contributed by atoms with E-state index in [1.165, 1.54) is 6.20 Å². The Hall–Kier alpha value is -2.58. The minimum Gasteiger partial charge on any atom is -0.461 e. The number of hydrogen-bond donors (Lipinski definition) is 0. The third-order valence-electron chi connectivity index (χ3n) is 5.06. The zero-order chi connectivity index (χ0) is 18.5. The zero-order valence-corrected chi connectivity index (χ0v) is 14.5. The highest BCUT2D eigenvalue weighted by atomic mass is 19.3.